The number of hydrogen-bond donors (Lipinski definition) is 2. The van der Waals surface area contributed by atoms with Crippen molar-refractivity contribution in [1.29, 1.82) is 0 Å². The first-order valence-corrected chi connectivity index (χ1v) is 5.98. The van der Waals surface area contributed by atoms with Crippen molar-refractivity contribution in [3.8, 4) is 0 Å². The van der Waals surface area contributed by atoms with Gasteiger partial charge in [-0.05, 0) is 13.0 Å². The van der Waals surface area contributed by atoms with Crippen LogP contribution in [0.1, 0.15) is 17.2 Å². The van der Waals surface area contributed by atoms with Gasteiger partial charge in [0.1, 0.15) is 11.9 Å². The molecule has 1 heterocycles. The number of guanidine groups is 1. The number of nitrogens with one attached hydrogen (secondary N) is 2. The van der Waals surface area contributed by atoms with Gasteiger partial charge in [0.25, 0.3) is 5.91 Å². The van der Waals surface area contributed by atoms with Crippen LogP contribution in [0.4, 0.5) is 4.39 Å². The molecule has 1 fully saturated rings. The predicted molar refractivity (Wildman–Crippen MR) is 69.3 cm³/mol. The van der Waals surface area contributed by atoms with Crippen LogP contribution in [0.25, 0.3) is 0 Å². The molecule has 0 radical (unpaired) electrons. The normalized spacial score (nSPS) is 20.5. The molecule has 1 unspecified atom stereocenters. The number of aryl methyl sites for hydroxylation is 1. The number of aliphatic imine (C=N–C) groups is 1. The summed E-state index contributed by atoms with van der Waals surface area (Å²) in [5.74, 6) is -0.356. The minimum absolute atomic E-state index is 0.305. The van der Waals surface area contributed by atoms with Gasteiger partial charge in [-0.3, -0.25) is 15.1 Å². The molecule has 19 heavy (non-hydrogen) atoms. The number of halogens is 1. The summed E-state index contributed by atoms with van der Waals surface area (Å²) in [7, 11) is 1.58. The zero-order valence-electron chi connectivity index (χ0n) is 10.9. The van der Waals surface area contributed by atoms with E-state index >= 15 is 0 Å². The summed E-state index contributed by atoms with van der Waals surface area (Å²) in [6.07, 6.45) is 0. The zero-order chi connectivity index (χ0) is 13.8. The molecule has 0 bridgehead atoms. The van der Waals surface area contributed by atoms with E-state index < -0.39 is 11.9 Å². The van der Waals surface area contributed by atoms with Crippen LogP contribution in [0, 0.1) is 12.7 Å². The maximum Gasteiger partial charge on any atom is 0.254 e. The van der Waals surface area contributed by atoms with Crippen molar-refractivity contribution in [2.24, 2.45) is 4.99 Å². The molecule has 0 saturated carbocycles. The molecule has 6 heteroatoms. The van der Waals surface area contributed by atoms with Gasteiger partial charge in [0, 0.05) is 12.7 Å². The van der Waals surface area contributed by atoms with E-state index in [1.54, 1.807) is 19.2 Å². The van der Waals surface area contributed by atoms with Crippen LogP contribution in [-0.2, 0) is 9.53 Å². The van der Waals surface area contributed by atoms with Crippen molar-refractivity contribution in [2.45, 2.75) is 13.0 Å². The summed E-state index contributed by atoms with van der Waals surface area (Å²) in [4.78, 5) is 15.9. The van der Waals surface area contributed by atoms with Gasteiger partial charge in [-0.25, -0.2) is 4.39 Å². The molecule has 1 aromatic carbocycles. The molecular weight excluding hydrogens is 249 g/mol. The standard InChI is InChI=1S/C13H16FN3O2/c1-8-3-4-10(14)9(7-8)11-12(18)17-13(16-11)15-5-6-19-2/h3-4,7,11H,5-6H2,1-2H3,(H2,15,16,17,18). The van der Waals surface area contributed by atoms with Crippen molar-refractivity contribution in [3.05, 3.63) is 35.1 Å². The van der Waals surface area contributed by atoms with Crippen LogP contribution in [0.2, 0.25) is 0 Å². The van der Waals surface area contributed by atoms with Crippen LogP contribution in [0.3, 0.4) is 0 Å². The third-order valence-electron chi connectivity index (χ3n) is 2.81. The van der Waals surface area contributed by atoms with Crippen molar-refractivity contribution in [3.63, 3.8) is 0 Å². The van der Waals surface area contributed by atoms with Gasteiger partial charge in [0.15, 0.2) is 5.96 Å². The second kappa shape index (κ2) is 5.79. The van der Waals surface area contributed by atoms with Gasteiger partial charge < -0.3 is 10.1 Å². The molecule has 2 N–H and O–H groups in total. The monoisotopic (exact) mass is 265 g/mol. The van der Waals surface area contributed by atoms with E-state index in [2.05, 4.69) is 15.6 Å². The lowest BCUT2D eigenvalue weighted by molar-refractivity contribution is -0.120. The molecule has 2 rings (SSSR count). The first-order chi connectivity index (χ1) is 9.11. The third kappa shape index (κ3) is 3.08. The van der Waals surface area contributed by atoms with Gasteiger partial charge in [-0.1, -0.05) is 17.7 Å². The summed E-state index contributed by atoms with van der Waals surface area (Å²) in [5.41, 5.74) is 1.23. The predicted octanol–water partition coefficient (Wildman–Crippen LogP) is 0.897. The van der Waals surface area contributed by atoms with Gasteiger partial charge in [0.05, 0.1) is 13.2 Å². The van der Waals surface area contributed by atoms with Crippen LogP contribution in [0.15, 0.2) is 23.2 Å². The molecule has 1 amide bonds. The molecule has 0 aliphatic carbocycles. The van der Waals surface area contributed by atoms with Crippen LogP contribution in [0.5, 0.6) is 0 Å². The molecule has 5 nitrogen and oxygen atoms in total. The van der Waals surface area contributed by atoms with Crippen LogP contribution in [-0.4, -0.2) is 32.1 Å². The lowest BCUT2D eigenvalue weighted by Crippen LogP contribution is -2.26. The van der Waals surface area contributed by atoms with Crippen molar-refractivity contribution in [1.82, 2.24) is 10.6 Å². The lowest BCUT2D eigenvalue weighted by atomic mass is 10.0. The molecule has 0 spiro atoms. The summed E-state index contributed by atoms with van der Waals surface area (Å²) >= 11 is 0. The number of benzene rings is 1. The second-order valence-corrected chi connectivity index (χ2v) is 4.31. The molecule has 1 saturated heterocycles. The Kier molecular flexibility index (Phi) is 4.11. The fraction of sp³-hybridized carbons (Fsp3) is 0.385. The van der Waals surface area contributed by atoms with Crippen LogP contribution < -0.4 is 10.6 Å². The highest BCUT2D eigenvalue weighted by atomic mass is 19.1. The largest absolute Gasteiger partial charge is 0.383 e. The van der Waals surface area contributed by atoms with Crippen LogP contribution >= 0.6 is 0 Å². The molecular formula is C13H16FN3O2. The Morgan fingerprint density at radius 2 is 2.26 bits per heavy atom. The summed E-state index contributed by atoms with van der Waals surface area (Å²) in [6, 6.07) is 3.95. The lowest BCUT2D eigenvalue weighted by Gasteiger charge is -2.10. The quantitative estimate of drug-likeness (QED) is 0.795. The minimum atomic E-state index is -0.735. The third-order valence-corrected chi connectivity index (χ3v) is 2.81. The SMILES string of the molecule is COCCN=C1NC(=O)C(c2cc(C)ccc2F)N1. The number of ether oxygens (including phenoxy) is 1. The zero-order valence-corrected chi connectivity index (χ0v) is 10.9. The van der Waals surface area contributed by atoms with Gasteiger partial charge >= 0.3 is 0 Å². The van der Waals surface area contributed by atoms with Crippen molar-refractivity contribution in [2.75, 3.05) is 20.3 Å². The summed E-state index contributed by atoms with van der Waals surface area (Å²) in [6.45, 7) is 2.75. The van der Waals surface area contributed by atoms with E-state index in [4.69, 9.17) is 4.74 Å². The Morgan fingerprint density at radius 3 is 3.00 bits per heavy atom. The van der Waals surface area contributed by atoms with Gasteiger partial charge in [0.2, 0.25) is 0 Å². The molecule has 102 valence electrons. The van der Waals surface area contributed by atoms with E-state index in [0.717, 1.165) is 5.56 Å². The van der Waals surface area contributed by atoms with Crippen molar-refractivity contribution < 1.29 is 13.9 Å². The van der Waals surface area contributed by atoms with E-state index in [1.807, 2.05) is 6.92 Å². The highest BCUT2D eigenvalue weighted by Gasteiger charge is 2.31. The van der Waals surface area contributed by atoms with Gasteiger partial charge in [-0.15, -0.1) is 0 Å². The second-order valence-electron chi connectivity index (χ2n) is 4.31. The number of carbonyl (C=O) groups excluding carboxylic acids is 1. The van der Waals surface area contributed by atoms with E-state index in [9.17, 15) is 9.18 Å². The molecule has 1 atom stereocenters. The molecule has 1 aliphatic heterocycles. The average molecular weight is 265 g/mol. The number of hydrogen-bond acceptors (Lipinski definition) is 3. The maximum absolute atomic E-state index is 13.7. The average Bonchev–Trinajstić information content (AvgIpc) is 2.74. The number of methoxy groups -OCH3 is 1. The summed E-state index contributed by atoms with van der Waals surface area (Å²) in [5, 5.41) is 5.46. The number of nitrogens with zero attached hydrogens (tertiary/aromatic N) is 1. The maximum atomic E-state index is 13.7. The number of carbonyl (C=O) groups is 1. The summed E-state index contributed by atoms with van der Waals surface area (Å²) < 4.78 is 18.6. The molecule has 1 aliphatic rings. The Balaban J connectivity index is 2.16. The number of amides is 1. The smallest absolute Gasteiger partial charge is 0.254 e. The van der Waals surface area contributed by atoms with Crippen molar-refractivity contribution >= 4 is 11.9 Å². The fourth-order valence-electron chi connectivity index (χ4n) is 1.86. The molecule has 1 aromatic rings. The van der Waals surface area contributed by atoms with E-state index in [0.29, 0.717) is 24.7 Å². The minimum Gasteiger partial charge on any atom is -0.383 e. The Hall–Kier alpha value is -1.95. The fourth-order valence-corrected chi connectivity index (χ4v) is 1.86. The Bertz CT molecular complexity index is 517. The first-order valence-electron chi connectivity index (χ1n) is 5.98. The van der Waals surface area contributed by atoms with E-state index in [1.165, 1.54) is 6.07 Å². The Labute approximate surface area is 110 Å². The van der Waals surface area contributed by atoms with E-state index in [-0.39, 0.29) is 5.91 Å². The highest BCUT2D eigenvalue weighted by molar-refractivity contribution is 6.06. The van der Waals surface area contributed by atoms with Gasteiger partial charge in [-0.2, -0.15) is 0 Å². The number of rotatable bonds is 4. The first kappa shape index (κ1) is 13.5. The molecule has 0 aromatic heterocycles. The highest BCUT2D eigenvalue weighted by Crippen LogP contribution is 2.21. The Morgan fingerprint density at radius 1 is 1.47 bits per heavy atom. The topological polar surface area (TPSA) is 62.7 Å².